The molecule has 1 N–H and O–H groups in total. The van der Waals surface area contributed by atoms with Gasteiger partial charge in [0.05, 0.1) is 5.51 Å². The molecule has 1 aromatic heterocycles. The molecule has 2 amide bonds. The summed E-state index contributed by atoms with van der Waals surface area (Å²) in [5.74, 6) is -1.30. The first kappa shape index (κ1) is 34.2. The maximum absolute atomic E-state index is 14.0. The maximum Gasteiger partial charge on any atom is 0.356 e. The molecule has 11 nitrogen and oxygen atoms in total. The van der Waals surface area contributed by atoms with E-state index in [1.165, 1.54) is 45.3 Å². The van der Waals surface area contributed by atoms with E-state index in [1.807, 2.05) is 67.6 Å². The van der Waals surface area contributed by atoms with Crippen molar-refractivity contribution in [3.63, 3.8) is 0 Å². The molecule has 1 unspecified atom stereocenters. The van der Waals surface area contributed by atoms with E-state index in [-0.39, 0.29) is 17.1 Å². The van der Waals surface area contributed by atoms with Crippen LogP contribution in [0.4, 0.5) is 0 Å². The summed E-state index contributed by atoms with van der Waals surface area (Å²) in [4.78, 5) is 64.6. The number of thiazole rings is 1. The summed E-state index contributed by atoms with van der Waals surface area (Å²) < 4.78 is 11.4. The molecule has 1 fully saturated rings. The number of nitrogens with one attached hydrogen (secondary N) is 1. The number of carbonyl (C=O) groups excluding carboxylic acids is 4. The Balaban J connectivity index is 1.34. The highest BCUT2D eigenvalue weighted by atomic mass is 32.2. The Labute approximate surface area is 285 Å². The lowest BCUT2D eigenvalue weighted by Crippen LogP contribution is -2.71. The predicted molar refractivity (Wildman–Crippen MR) is 181 cm³/mol. The van der Waals surface area contributed by atoms with Crippen molar-refractivity contribution in [3.05, 3.63) is 99.0 Å². The van der Waals surface area contributed by atoms with Crippen LogP contribution in [0.2, 0.25) is 0 Å². The number of hydrogen-bond acceptors (Lipinski definition) is 12. The molecule has 246 valence electrons. The molecule has 1 saturated heterocycles. The van der Waals surface area contributed by atoms with Crippen molar-refractivity contribution in [2.45, 2.75) is 50.8 Å². The van der Waals surface area contributed by atoms with Crippen molar-refractivity contribution >= 4 is 64.3 Å². The molecule has 0 spiro atoms. The number of benzene rings is 2. The molecule has 47 heavy (non-hydrogen) atoms. The van der Waals surface area contributed by atoms with Crippen LogP contribution >= 0.6 is 34.9 Å². The summed E-state index contributed by atoms with van der Waals surface area (Å²) in [5, 5.41) is 7.65. The molecule has 2 atom stereocenters. The Morgan fingerprint density at radius 1 is 1.09 bits per heavy atom. The smallest absolute Gasteiger partial charge is 0.356 e. The van der Waals surface area contributed by atoms with Crippen LogP contribution in [0, 0.1) is 0 Å². The van der Waals surface area contributed by atoms with E-state index in [0.717, 1.165) is 16.0 Å². The van der Waals surface area contributed by atoms with E-state index < -0.39 is 53.5 Å². The van der Waals surface area contributed by atoms with Crippen LogP contribution in [0.15, 0.2) is 87.3 Å². The van der Waals surface area contributed by atoms with Crippen molar-refractivity contribution in [2.75, 3.05) is 18.1 Å². The molecule has 14 heteroatoms. The molecular formula is C33H34N4O7S3. The Hall–Kier alpha value is -4.14. The molecule has 0 aliphatic carbocycles. The molecule has 0 bridgehead atoms. The summed E-state index contributed by atoms with van der Waals surface area (Å²) in [7, 11) is 0. The van der Waals surface area contributed by atoms with E-state index >= 15 is 0 Å². The van der Waals surface area contributed by atoms with Gasteiger partial charge in [0, 0.05) is 16.0 Å². The van der Waals surface area contributed by atoms with Crippen LogP contribution < -0.4 is 5.32 Å². The number of nitrogens with zero attached hydrogens (tertiary/aromatic N) is 3. The van der Waals surface area contributed by atoms with Crippen molar-refractivity contribution in [1.82, 2.24) is 15.2 Å². The Bertz CT molecular complexity index is 1620. The molecule has 5 rings (SSSR count). The SMILES string of the molecule is CCSC1=C(C(=O)OC(c2ccccc2)c2ccccc2)N2C(=O)C(NC(=O)C(=NOCC(=O)OC(C)(C)C)c3cscn3)[C@@H]2SC1. The normalized spacial score (nSPS) is 17.9. The summed E-state index contributed by atoms with van der Waals surface area (Å²) in [6.07, 6.45) is -0.692. The van der Waals surface area contributed by atoms with Gasteiger partial charge in [-0.3, -0.25) is 14.5 Å². The number of esters is 2. The number of fused-ring (bicyclic) bond motifs is 1. The van der Waals surface area contributed by atoms with Crippen molar-refractivity contribution in [1.29, 1.82) is 0 Å². The molecule has 0 radical (unpaired) electrons. The van der Waals surface area contributed by atoms with E-state index in [9.17, 15) is 19.2 Å². The molecule has 3 heterocycles. The molecule has 2 aliphatic rings. The van der Waals surface area contributed by atoms with Crippen LogP contribution in [-0.2, 0) is 33.5 Å². The zero-order valence-electron chi connectivity index (χ0n) is 26.2. The minimum absolute atomic E-state index is 0.182. The van der Waals surface area contributed by atoms with Gasteiger partial charge in [-0.2, -0.15) is 0 Å². The zero-order valence-corrected chi connectivity index (χ0v) is 28.7. The summed E-state index contributed by atoms with van der Waals surface area (Å²) in [5.41, 5.74) is 2.59. The van der Waals surface area contributed by atoms with Crippen LogP contribution in [0.5, 0.6) is 0 Å². The lowest BCUT2D eigenvalue weighted by Gasteiger charge is -2.49. The third kappa shape index (κ3) is 8.24. The second-order valence-electron chi connectivity index (χ2n) is 11.3. The van der Waals surface area contributed by atoms with Gasteiger partial charge >= 0.3 is 11.9 Å². The fraction of sp³-hybridized carbons (Fsp3) is 0.333. The van der Waals surface area contributed by atoms with Gasteiger partial charge in [0.15, 0.2) is 11.8 Å². The maximum atomic E-state index is 14.0. The number of ether oxygens (including phenoxy) is 2. The first-order valence-corrected chi connectivity index (χ1v) is 17.8. The van der Waals surface area contributed by atoms with E-state index in [2.05, 4.69) is 15.5 Å². The number of carbonyl (C=O) groups is 4. The summed E-state index contributed by atoms with van der Waals surface area (Å²) in [6, 6.07) is 17.9. The van der Waals surface area contributed by atoms with Crippen LogP contribution in [0.1, 0.15) is 50.6 Å². The number of aromatic nitrogens is 1. The predicted octanol–water partition coefficient (Wildman–Crippen LogP) is 4.90. The van der Waals surface area contributed by atoms with E-state index in [1.54, 1.807) is 26.2 Å². The Morgan fingerprint density at radius 3 is 2.32 bits per heavy atom. The average molecular weight is 695 g/mol. The second-order valence-corrected chi connectivity index (χ2v) is 14.5. The average Bonchev–Trinajstić information content (AvgIpc) is 3.59. The van der Waals surface area contributed by atoms with Gasteiger partial charge in [0.25, 0.3) is 11.8 Å². The first-order valence-electron chi connectivity index (χ1n) is 14.8. The monoisotopic (exact) mass is 694 g/mol. The van der Waals surface area contributed by atoms with E-state index in [0.29, 0.717) is 11.5 Å². The lowest BCUT2D eigenvalue weighted by atomic mass is 10.0. The van der Waals surface area contributed by atoms with Crippen LogP contribution in [0.25, 0.3) is 0 Å². The topological polar surface area (TPSA) is 136 Å². The molecule has 2 aromatic carbocycles. The highest BCUT2D eigenvalue weighted by Gasteiger charge is 2.55. The Kier molecular flexibility index (Phi) is 11.0. The quantitative estimate of drug-likeness (QED) is 0.121. The summed E-state index contributed by atoms with van der Waals surface area (Å²) in [6.45, 7) is 6.62. The van der Waals surface area contributed by atoms with Gasteiger partial charge in [0.2, 0.25) is 6.61 Å². The van der Waals surface area contributed by atoms with Crippen molar-refractivity contribution < 1.29 is 33.5 Å². The van der Waals surface area contributed by atoms with Crippen molar-refractivity contribution in [3.8, 4) is 0 Å². The second kappa shape index (κ2) is 15.2. The number of oxime groups is 1. The van der Waals surface area contributed by atoms with E-state index in [4.69, 9.17) is 14.3 Å². The minimum Gasteiger partial charge on any atom is -0.457 e. The highest BCUT2D eigenvalue weighted by molar-refractivity contribution is 8.06. The highest BCUT2D eigenvalue weighted by Crippen LogP contribution is 2.44. The van der Waals surface area contributed by atoms with Gasteiger partial charge in [0.1, 0.15) is 28.4 Å². The van der Waals surface area contributed by atoms with Gasteiger partial charge in [-0.25, -0.2) is 14.6 Å². The number of hydrogen-bond donors (Lipinski definition) is 1. The third-order valence-corrected chi connectivity index (χ3v) is 9.83. The van der Waals surface area contributed by atoms with Crippen LogP contribution in [0.3, 0.4) is 0 Å². The molecular weight excluding hydrogens is 661 g/mol. The first-order chi connectivity index (χ1) is 22.6. The number of thioether (sulfide) groups is 2. The number of β-lactam (4-membered cyclic amide) rings is 1. The van der Waals surface area contributed by atoms with Gasteiger partial charge < -0.3 is 19.6 Å². The standard InChI is InChI=1S/C33H34N4O7S3/c1-5-46-23-18-47-31-26(35-29(39)25(22-17-45-19-34-22)36-42-16-24(38)44-33(2,3)4)30(40)37(31)27(23)32(41)43-28(20-12-8-6-9-13-20)21-14-10-7-11-15-21/h6-15,17,19,26,28,31H,5,16,18H2,1-4H3,(H,35,39)/t26?,31-/m0/s1. The summed E-state index contributed by atoms with van der Waals surface area (Å²) >= 11 is 4.16. The molecule has 0 saturated carbocycles. The zero-order chi connectivity index (χ0) is 33.6. The fourth-order valence-corrected chi connectivity index (χ4v) is 7.81. The molecule has 2 aliphatic heterocycles. The van der Waals surface area contributed by atoms with Gasteiger partial charge in [-0.05, 0) is 37.7 Å². The lowest BCUT2D eigenvalue weighted by molar-refractivity contribution is -0.160. The molecule has 3 aromatic rings. The third-order valence-electron chi connectivity index (χ3n) is 6.81. The van der Waals surface area contributed by atoms with Crippen molar-refractivity contribution in [2.24, 2.45) is 5.16 Å². The van der Waals surface area contributed by atoms with Crippen LogP contribution in [-0.4, -0.2) is 74.5 Å². The van der Waals surface area contributed by atoms with Gasteiger partial charge in [-0.15, -0.1) is 34.9 Å². The fourth-order valence-electron chi connectivity index (χ4n) is 4.88. The minimum atomic E-state index is -0.947. The Morgan fingerprint density at radius 2 is 1.74 bits per heavy atom. The largest absolute Gasteiger partial charge is 0.457 e. The number of rotatable bonds is 12. The van der Waals surface area contributed by atoms with Gasteiger partial charge in [-0.1, -0.05) is 72.7 Å². The number of amides is 2.